The number of nitrogens with zero attached hydrogens (tertiary/aromatic N) is 2. The SMILES string of the molecule is CN1C(=O)[C@H](NC(=O)C(C)(C)NC(=O)c2ccc(F)cc2)CN(c2ccc(F)c(F)c2)c2ccc(F)cc21. The summed E-state index contributed by atoms with van der Waals surface area (Å²) in [6, 6.07) is 10.4. The Balaban J connectivity index is 1.63. The lowest BCUT2D eigenvalue weighted by molar-refractivity contribution is -0.130. The van der Waals surface area contributed by atoms with Gasteiger partial charge in [-0.25, -0.2) is 17.6 Å². The Hall–Kier alpha value is -4.41. The van der Waals surface area contributed by atoms with E-state index in [2.05, 4.69) is 10.6 Å². The molecule has 0 fully saturated rings. The molecular weight excluding hydrogens is 504 g/mol. The van der Waals surface area contributed by atoms with Gasteiger partial charge in [-0.15, -0.1) is 0 Å². The van der Waals surface area contributed by atoms with Crippen LogP contribution in [0.4, 0.5) is 34.6 Å². The topological polar surface area (TPSA) is 81.8 Å². The minimum absolute atomic E-state index is 0.125. The highest BCUT2D eigenvalue weighted by Crippen LogP contribution is 2.37. The molecule has 0 aromatic heterocycles. The molecule has 1 heterocycles. The molecule has 198 valence electrons. The number of hydrogen-bond donors (Lipinski definition) is 2. The highest BCUT2D eigenvalue weighted by Gasteiger charge is 2.38. The maximum atomic E-state index is 14.1. The van der Waals surface area contributed by atoms with Crippen LogP contribution in [-0.2, 0) is 9.59 Å². The van der Waals surface area contributed by atoms with Crippen molar-refractivity contribution < 1.29 is 31.9 Å². The molecule has 0 saturated carbocycles. The largest absolute Gasteiger partial charge is 0.341 e. The first-order valence-electron chi connectivity index (χ1n) is 11.6. The fourth-order valence-electron chi connectivity index (χ4n) is 4.06. The number of amides is 3. The van der Waals surface area contributed by atoms with E-state index in [1.807, 2.05) is 0 Å². The van der Waals surface area contributed by atoms with Crippen LogP contribution >= 0.6 is 0 Å². The minimum atomic E-state index is -1.51. The number of fused-ring (bicyclic) bond motifs is 1. The second kappa shape index (κ2) is 10.2. The van der Waals surface area contributed by atoms with Gasteiger partial charge in [0.15, 0.2) is 11.6 Å². The van der Waals surface area contributed by atoms with Gasteiger partial charge in [-0.05, 0) is 68.4 Å². The molecule has 1 atom stereocenters. The second-order valence-electron chi connectivity index (χ2n) is 9.35. The summed E-state index contributed by atoms with van der Waals surface area (Å²) in [5.41, 5.74) is -0.737. The molecule has 4 rings (SSSR count). The van der Waals surface area contributed by atoms with Crippen LogP contribution in [0.3, 0.4) is 0 Å². The standard InChI is InChI=1S/C27H24F4N4O3/c1-27(2,33-24(36)15-4-6-16(28)7-5-15)26(38)32-21-14-35(18-9-10-19(30)20(31)13-18)22-11-8-17(29)12-23(22)34(3)25(21)37/h4-13,21H,14H2,1-3H3,(H,32,38)(H,33,36)/t21-/m1/s1. The number of carbonyl (C=O) groups excluding carboxylic acids is 3. The molecule has 3 aromatic carbocycles. The molecule has 3 aromatic rings. The third-order valence-electron chi connectivity index (χ3n) is 6.20. The minimum Gasteiger partial charge on any atom is -0.341 e. The number of rotatable bonds is 5. The third-order valence-corrected chi connectivity index (χ3v) is 6.20. The molecule has 0 bridgehead atoms. The van der Waals surface area contributed by atoms with E-state index in [1.165, 1.54) is 50.1 Å². The van der Waals surface area contributed by atoms with Gasteiger partial charge in [-0.2, -0.15) is 0 Å². The second-order valence-corrected chi connectivity index (χ2v) is 9.35. The molecule has 0 aliphatic carbocycles. The zero-order valence-corrected chi connectivity index (χ0v) is 20.7. The number of anilines is 3. The smallest absolute Gasteiger partial charge is 0.252 e. The van der Waals surface area contributed by atoms with E-state index in [0.29, 0.717) is 5.69 Å². The number of benzene rings is 3. The van der Waals surface area contributed by atoms with Crippen molar-refractivity contribution in [3.63, 3.8) is 0 Å². The van der Waals surface area contributed by atoms with Gasteiger partial charge in [0.1, 0.15) is 23.2 Å². The highest BCUT2D eigenvalue weighted by molar-refractivity contribution is 6.05. The summed E-state index contributed by atoms with van der Waals surface area (Å²) in [5, 5.41) is 5.16. The molecule has 7 nitrogen and oxygen atoms in total. The monoisotopic (exact) mass is 528 g/mol. The average molecular weight is 529 g/mol. The molecular formula is C27H24F4N4O3. The lowest BCUT2D eigenvalue weighted by Gasteiger charge is -2.30. The summed E-state index contributed by atoms with van der Waals surface area (Å²) < 4.78 is 55.1. The van der Waals surface area contributed by atoms with Gasteiger partial charge in [-0.1, -0.05) is 0 Å². The van der Waals surface area contributed by atoms with E-state index in [4.69, 9.17) is 0 Å². The molecule has 0 radical (unpaired) electrons. The number of carbonyl (C=O) groups is 3. The van der Waals surface area contributed by atoms with Crippen LogP contribution in [-0.4, -0.2) is 42.9 Å². The van der Waals surface area contributed by atoms with Crippen molar-refractivity contribution in [3.8, 4) is 0 Å². The maximum absolute atomic E-state index is 14.1. The van der Waals surface area contributed by atoms with Crippen molar-refractivity contribution in [2.45, 2.75) is 25.4 Å². The Labute approximate surface area is 216 Å². The predicted octanol–water partition coefficient (Wildman–Crippen LogP) is 4.05. The van der Waals surface area contributed by atoms with Gasteiger partial charge in [0.05, 0.1) is 17.9 Å². The number of likely N-dealkylation sites (N-methyl/N-ethyl adjacent to an activating group) is 1. The zero-order chi connectivity index (χ0) is 27.8. The normalized spacial score (nSPS) is 15.6. The first-order chi connectivity index (χ1) is 17.9. The summed E-state index contributed by atoms with van der Waals surface area (Å²) in [4.78, 5) is 41.8. The molecule has 11 heteroatoms. The Bertz CT molecular complexity index is 1410. The summed E-state index contributed by atoms with van der Waals surface area (Å²) in [6.07, 6.45) is 0. The molecule has 38 heavy (non-hydrogen) atoms. The third kappa shape index (κ3) is 5.31. The van der Waals surface area contributed by atoms with Crippen molar-refractivity contribution in [1.82, 2.24) is 10.6 Å². The van der Waals surface area contributed by atoms with Crippen molar-refractivity contribution in [2.24, 2.45) is 0 Å². The van der Waals surface area contributed by atoms with E-state index in [9.17, 15) is 31.9 Å². The van der Waals surface area contributed by atoms with Crippen molar-refractivity contribution in [3.05, 3.63) is 89.5 Å². The maximum Gasteiger partial charge on any atom is 0.252 e. The van der Waals surface area contributed by atoms with Gasteiger partial charge in [0, 0.05) is 24.4 Å². The van der Waals surface area contributed by atoms with E-state index in [1.54, 1.807) is 0 Å². The predicted molar refractivity (Wildman–Crippen MR) is 133 cm³/mol. The zero-order valence-electron chi connectivity index (χ0n) is 20.7. The van der Waals surface area contributed by atoms with E-state index < -0.39 is 52.6 Å². The van der Waals surface area contributed by atoms with Crippen LogP contribution in [0.5, 0.6) is 0 Å². The van der Waals surface area contributed by atoms with E-state index in [-0.39, 0.29) is 23.5 Å². The van der Waals surface area contributed by atoms with Crippen LogP contribution in [0.25, 0.3) is 0 Å². The molecule has 1 aliphatic rings. The van der Waals surface area contributed by atoms with Crippen molar-refractivity contribution >= 4 is 34.8 Å². The van der Waals surface area contributed by atoms with Gasteiger partial charge in [-0.3, -0.25) is 14.4 Å². The van der Waals surface area contributed by atoms with Crippen LogP contribution in [0.15, 0.2) is 60.7 Å². The summed E-state index contributed by atoms with van der Waals surface area (Å²) in [5.74, 6) is -5.31. The number of nitrogens with one attached hydrogen (secondary N) is 2. The van der Waals surface area contributed by atoms with Crippen molar-refractivity contribution in [1.29, 1.82) is 0 Å². The Morgan fingerprint density at radius 3 is 2.18 bits per heavy atom. The Morgan fingerprint density at radius 2 is 1.53 bits per heavy atom. The Kier molecular flexibility index (Phi) is 7.12. The number of halogens is 4. The van der Waals surface area contributed by atoms with Gasteiger partial charge >= 0.3 is 0 Å². The lowest BCUT2D eigenvalue weighted by Crippen LogP contribution is -2.60. The molecule has 3 amide bonds. The van der Waals surface area contributed by atoms with Gasteiger partial charge in [0.25, 0.3) is 11.8 Å². The fraction of sp³-hybridized carbons (Fsp3) is 0.222. The van der Waals surface area contributed by atoms with Crippen LogP contribution in [0.2, 0.25) is 0 Å². The highest BCUT2D eigenvalue weighted by atomic mass is 19.2. The average Bonchev–Trinajstić information content (AvgIpc) is 2.96. The first-order valence-corrected chi connectivity index (χ1v) is 11.6. The van der Waals surface area contributed by atoms with Gasteiger partial charge < -0.3 is 20.4 Å². The van der Waals surface area contributed by atoms with Crippen LogP contribution in [0, 0.1) is 23.3 Å². The molecule has 0 unspecified atom stereocenters. The summed E-state index contributed by atoms with van der Waals surface area (Å²) in [6.45, 7) is 2.64. The summed E-state index contributed by atoms with van der Waals surface area (Å²) in [7, 11) is 1.40. The number of hydrogen-bond acceptors (Lipinski definition) is 4. The van der Waals surface area contributed by atoms with E-state index >= 15 is 0 Å². The van der Waals surface area contributed by atoms with Gasteiger partial charge in [0.2, 0.25) is 5.91 Å². The first kappa shape index (κ1) is 26.6. The lowest BCUT2D eigenvalue weighted by atomic mass is 10.0. The van der Waals surface area contributed by atoms with Crippen LogP contribution < -0.4 is 20.4 Å². The molecule has 0 spiro atoms. The summed E-state index contributed by atoms with van der Waals surface area (Å²) >= 11 is 0. The fourth-order valence-corrected chi connectivity index (χ4v) is 4.06. The van der Waals surface area contributed by atoms with E-state index in [0.717, 1.165) is 41.3 Å². The quantitative estimate of drug-likeness (QED) is 0.490. The Morgan fingerprint density at radius 1 is 0.868 bits per heavy atom. The van der Waals surface area contributed by atoms with Crippen LogP contribution in [0.1, 0.15) is 24.2 Å². The van der Waals surface area contributed by atoms with Crippen molar-refractivity contribution in [2.75, 3.05) is 23.4 Å². The molecule has 1 aliphatic heterocycles. The molecule has 0 saturated heterocycles. The molecule has 2 N–H and O–H groups in total.